The average Bonchev–Trinajstić information content (AvgIpc) is 3.31. The number of benzene rings is 2. The van der Waals surface area contributed by atoms with Crippen LogP contribution in [-0.4, -0.2) is 88.8 Å². The largest absolute Gasteiger partial charge is 0.497 e. The zero-order valence-corrected chi connectivity index (χ0v) is 22.6. The monoisotopic (exact) mass is 544 g/mol. The SMILES string of the molecule is COc1ccc(Cc2c(O[C@@H]3O[C@H](CO)[C@@H](O)[C@H](O)[C@H]3O)nn(C(C)C)c2-c2ccc(OC)c(OC)c2)cc1. The van der Waals surface area contributed by atoms with Crippen molar-refractivity contribution in [1.82, 2.24) is 9.78 Å². The van der Waals surface area contributed by atoms with Crippen LogP contribution in [-0.2, 0) is 11.2 Å². The second kappa shape index (κ2) is 12.2. The van der Waals surface area contributed by atoms with Gasteiger partial charge >= 0.3 is 0 Å². The van der Waals surface area contributed by atoms with Gasteiger partial charge in [0.15, 0.2) is 11.5 Å². The van der Waals surface area contributed by atoms with E-state index in [1.807, 2.05) is 50.2 Å². The molecular formula is C28H36N2O9. The van der Waals surface area contributed by atoms with Gasteiger partial charge in [-0.3, -0.25) is 4.68 Å². The molecule has 0 amide bonds. The minimum absolute atomic E-state index is 0.0881. The Morgan fingerprint density at radius 3 is 2.18 bits per heavy atom. The first-order valence-corrected chi connectivity index (χ1v) is 12.7. The molecular weight excluding hydrogens is 508 g/mol. The van der Waals surface area contributed by atoms with Crippen LogP contribution >= 0.6 is 0 Å². The third-order valence-electron chi connectivity index (χ3n) is 6.73. The van der Waals surface area contributed by atoms with Crippen molar-refractivity contribution in [3.8, 4) is 34.4 Å². The topological polar surface area (TPSA) is 145 Å². The summed E-state index contributed by atoms with van der Waals surface area (Å²) in [6.45, 7) is 3.39. The van der Waals surface area contributed by atoms with Crippen LogP contribution < -0.4 is 18.9 Å². The third-order valence-corrected chi connectivity index (χ3v) is 6.73. The molecule has 39 heavy (non-hydrogen) atoms. The van der Waals surface area contributed by atoms with Crippen LogP contribution in [0.1, 0.15) is 31.0 Å². The summed E-state index contributed by atoms with van der Waals surface area (Å²) in [5, 5.41) is 45.5. The maximum Gasteiger partial charge on any atom is 0.239 e. The van der Waals surface area contributed by atoms with Gasteiger partial charge in [0.2, 0.25) is 12.2 Å². The molecule has 1 aromatic heterocycles. The fourth-order valence-corrected chi connectivity index (χ4v) is 4.59. The number of rotatable bonds is 10. The number of aliphatic hydroxyl groups excluding tert-OH is 4. The Balaban J connectivity index is 1.84. The molecule has 0 unspecified atom stereocenters. The Kier molecular flexibility index (Phi) is 8.98. The molecule has 2 heterocycles. The molecule has 1 fully saturated rings. The molecule has 2 aromatic carbocycles. The maximum atomic E-state index is 10.6. The highest BCUT2D eigenvalue weighted by molar-refractivity contribution is 5.70. The van der Waals surface area contributed by atoms with E-state index >= 15 is 0 Å². The van der Waals surface area contributed by atoms with Crippen molar-refractivity contribution in [2.75, 3.05) is 27.9 Å². The van der Waals surface area contributed by atoms with E-state index < -0.39 is 37.3 Å². The lowest BCUT2D eigenvalue weighted by molar-refractivity contribution is -0.278. The molecule has 11 nitrogen and oxygen atoms in total. The van der Waals surface area contributed by atoms with Crippen LogP contribution in [0.15, 0.2) is 42.5 Å². The quantitative estimate of drug-likeness (QED) is 0.299. The van der Waals surface area contributed by atoms with Crippen LogP contribution in [0.25, 0.3) is 11.3 Å². The summed E-state index contributed by atoms with van der Waals surface area (Å²) in [7, 11) is 4.73. The number of nitrogens with zero attached hydrogens (tertiary/aromatic N) is 2. The van der Waals surface area contributed by atoms with Gasteiger partial charge in [-0.25, -0.2) is 0 Å². The van der Waals surface area contributed by atoms with Gasteiger partial charge in [0.25, 0.3) is 0 Å². The molecule has 0 saturated carbocycles. The van der Waals surface area contributed by atoms with E-state index in [4.69, 9.17) is 28.8 Å². The summed E-state index contributed by atoms with van der Waals surface area (Å²) in [5.74, 6) is 2.01. The lowest BCUT2D eigenvalue weighted by atomic mass is 9.99. The zero-order valence-electron chi connectivity index (χ0n) is 22.6. The molecule has 1 saturated heterocycles. The summed E-state index contributed by atoms with van der Waals surface area (Å²) >= 11 is 0. The van der Waals surface area contributed by atoms with Crippen molar-refractivity contribution in [2.24, 2.45) is 0 Å². The van der Waals surface area contributed by atoms with E-state index in [2.05, 4.69) is 0 Å². The van der Waals surface area contributed by atoms with Crippen LogP contribution in [0.2, 0.25) is 0 Å². The second-order valence-electron chi connectivity index (χ2n) is 9.58. The van der Waals surface area contributed by atoms with Gasteiger partial charge in [-0.15, -0.1) is 5.10 Å². The van der Waals surface area contributed by atoms with Gasteiger partial charge in [-0.1, -0.05) is 12.1 Å². The van der Waals surface area contributed by atoms with Crippen molar-refractivity contribution < 1.29 is 44.1 Å². The molecule has 1 aliphatic heterocycles. The van der Waals surface area contributed by atoms with Crippen molar-refractivity contribution in [3.05, 3.63) is 53.6 Å². The Morgan fingerprint density at radius 1 is 0.897 bits per heavy atom. The average molecular weight is 545 g/mol. The highest BCUT2D eigenvalue weighted by atomic mass is 16.7. The molecule has 0 radical (unpaired) electrons. The summed E-state index contributed by atoms with van der Waals surface area (Å²) in [6, 6.07) is 13.0. The molecule has 0 spiro atoms. The molecule has 5 atom stereocenters. The number of ether oxygens (including phenoxy) is 5. The van der Waals surface area contributed by atoms with Gasteiger partial charge in [0.05, 0.1) is 33.6 Å². The first kappa shape index (κ1) is 28.7. The molecule has 3 aromatic rings. The first-order chi connectivity index (χ1) is 18.7. The minimum Gasteiger partial charge on any atom is -0.497 e. The normalized spacial score (nSPS) is 23.1. The highest BCUT2D eigenvalue weighted by Crippen LogP contribution is 2.40. The Labute approximate surface area is 227 Å². The highest BCUT2D eigenvalue weighted by Gasteiger charge is 2.45. The van der Waals surface area contributed by atoms with Crippen LogP contribution in [0, 0.1) is 0 Å². The molecule has 0 aliphatic carbocycles. The van der Waals surface area contributed by atoms with Crippen LogP contribution in [0.4, 0.5) is 0 Å². The summed E-state index contributed by atoms with van der Waals surface area (Å²) in [6.07, 6.45) is -6.76. The Bertz CT molecular complexity index is 1240. The molecule has 1 aliphatic rings. The van der Waals surface area contributed by atoms with Crippen molar-refractivity contribution >= 4 is 0 Å². The molecule has 0 bridgehead atoms. The second-order valence-corrected chi connectivity index (χ2v) is 9.58. The van der Waals surface area contributed by atoms with Gasteiger partial charge in [0, 0.05) is 23.6 Å². The van der Waals surface area contributed by atoms with Crippen LogP contribution in [0.5, 0.6) is 23.1 Å². The smallest absolute Gasteiger partial charge is 0.239 e. The molecule has 4 N–H and O–H groups in total. The lowest BCUT2D eigenvalue weighted by Crippen LogP contribution is -2.60. The van der Waals surface area contributed by atoms with E-state index in [-0.39, 0.29) is 11.9 Å². The zero-order chi connectivity index (χ0) is 28.3. The lowest BCUT2D eigenvalue weighted by Gasteiger charge is -2.39. The van der Waals surface area contributed by atoms with E-state index in [1.165, 1.54) is 0 Å². The first-order valence-electron chi connectivity index (χ1n) is 12.7. The van der Waals surface area contributed by atoms with Crippen molar-refractivity contribution in [2.45, 2.75) is 57.0 Å². The van der Waals surface area contributed by atoms with E-state index in [0.717, 1.165) is 22.6 Å². The number of hydrogen-bond acceptors (Lipinski definition) is 10. The van der Waals surface area contributed by atoms with E-state index in [0.29, 0.717) is 23.5 Å². The summed E-state index contributed by atoms with van der Waals surface area (Å²) in [5.41, 5.74) is 3.18. The van der Waals surface area contributed by atoms with Gasteiger partial charge in [-0.2, -0.15) is 0 Å². The van der Waals surface area contributed by atoms with E-state index in [1.54, 1.807) is 32.1 Å². The standard InChI is InChI=1S/C28H36N2O9/c1-15(2)30-23(17-8-11-20(36-4)21(13-17)37-5)19(12-16-6-9-18(35-3)10-7-16)27(29-30)39-28-26(34)25(33)24(32)22(14-31)38-28/h6-11,13,15,22,24-26,28,31-34H,12,14H2,1-5H3/t22-,24-,25+,26-,28+/m1/s1. The minimum atomic E-state index is -1.58. The van der Waals surface area contributed by atoms with Crippen molar-refractivity contribution in [1.29, 1.82) is 0 Å². The Morgan fingerprint density at radius 2 is 1.59 bits per heavy atom. The van der Waals surface area contributed by atoms with Gasteiger partial charge < -0.3 is 44.1 Å². The maximum absolute atomic E-state index is 10.6. The third kappa shape index (κ3) is 5.82. The predicted molar refractivity (Wildman–Crippen MR) is 141 cm³/mol. The molecule has 4 rings (SSSR count). The number of aromatic nitrogens is 2. The fraction of sp³-hybridized carbons (Fsp3) is 0.464. The summed E-state index contributed by atoms with van der Waals surface area (Å²) in [4.78, 5) is 0. The van der Waals surface area contributed by atoms with Crippen LogP contribution in [0.3, 0.4) is 0 Å². The predicted octanol–water partition coefficient (Wildman–Crippen LogP) is 1.93. The number of aliphatic hydroxyl groups is 4. The molecule has 11 heteroatoms. The van der Waals surface area contributed by atoms with E-state index in [9.17, 15) is 20.4 Å². The molecule has 212 valence electrons. The Hall–Kier alpha value is -3.35. The number of hydrogen-bond donors (Lipinski definition) is 4. The van der Waals surface area contributed by atoms with Crippen molar-refractivity contribution in [3.63, 3.8) is 0 Å². The summed E-state index contributed by atoms with van der Waals surface area (Å²) < 4.78 is 29.8. The fourth-order valence-electron chi connectivity index (χ4n) is 4.59. The van der Waals surface area contributed by atoms with Gasteiger partial charge in [-0.05, 0) is 49.7 Å². The number of methoxy groups -OCH3 is 3. The van der Waals surface area contributed by atoms with Gasteiger partial charge in [0.1, 0.15) is 30.2 Å².